The molecule has 0 radical (unpaired) electrons. The molecule has 4 nitrogen and oxygen atoms in total. The number of nitrogens with two attached hydrogens (primary N) is 1. The summed E-state index contributed by atoms with van der Waals surface area (Å²) >= 11 is 0. The number of esters is 1. The van der Waals surface area contributed by atoms with Crippen molar-refractivity contribution in [3.8, 4) is 0 Å². The van der Waals surface area contributed by atoms with Crippen LogP contribution < -0.4 is 5.73 Å². The van der Waals surface area contributed by atoms with Crippen LogP contribution in [-0.2, 0) is 9.53 Å². The number of hydrogen-bond acceptors (Lipinski definition) is 4. The fourth-order valence-electron chi connectivity index (χ4n) is 1.50. The minimum Gasteiger partial charge on any atom is -0.465 e. The van der Waals surface area contributed by atoms with Gasteiger partial charge in [0.2, 0.25) is 0 Å². The number of carbonyl (C=O) groups excluding carboxylic acids is 1. The number of nitrogens with zero attached hydrogens (tertiary/aromatic N) is 1. The van der Waals surface area contributed by atoms with Gasteiger partial charge in [0.15, 0.2) is 0 Å². The summed E-state index contributed by atoms with van der Waals surface area (Å²) < 4.78 is 4.86. The number of carbonyl (C=O) groups is 1. The maximum atomic E-state index is 11.1. The van der Waals surface area contributed by atoms with E-state index in [1.54, 1.807) is 0 Å². The van der Waals surface area contributed by atoms with Crippen molar-refractivity contribution in [1.82, 2.24) is 4.90 Å². The van der Waals surface area contributed by atoms with E-state index < -0.39 is 0 Å². The molecule has 13 heavy (non-hydrogen) atoms. The molecule has 0 spiro atoms. The van der Waals surface area contributed by atoms with Crippen molar-refractivity contribution in [3.63, 3.8) is 0 Å². The Hall–Kier alpha value is -0.610. The summed E-state index contributed by atoms with van der Waals surface area (Å²) in [5.74, 6) is -0.127. The Labute approximate surface area is 79.0 Å². The third-order valence-corrected chi connectivity index (χ3v) is 2.29. The van der Waals surface area contributed by atoms with Crippen molar-refractivity contribution in [2.24, 2.45) is 5.73 Å². The SMILES string of the molecule is CCOC(=O)CN1CCC(N)CC1. The molecule has 0 aromatic rings. The largest absolute Gasteiger partial charge is 0.465 e. The number of rotatable bonds is 3. The van der Waals surface area contributed by atoms with Crippen LogP contribution in [-0.4, -0.2) is 43.2 Å². The van der Waals surface area contributed by atoms with Gasteiger partial charge in [-0.25, -0.2) is 0 Å². The second-order valence-electron chi connectivity index (χ2n) is 3.42. The smallest absolute Gasteiger partial charge is 0.320 e. The molecule has 0 saturated carbocycles. The first kappa shape index (κ1) is 10.5. The van der Waals surface area contributed by atoms with E-state index in [2.05, 4.69) is 4.90 Å². The first-order valence-electron chi connectivity index (χ1n) is 4.86. The van der Waals surface area contributed by atoms with Gasteiger partial charge in [0.05, 0.1) is 13.2 Å². The molecule has 1 aliphatic rings. The summed E-state index contributed by atoms with van der Waals surface area (Å²) in [7, 11) is 0. The predicted octanol–water partition coefficient (Wildman–Crippen LogP) is -0.0274. The third-order valence-electron chi connectivity index (χ3n) is 2.29. The standard InChI is InChI=1S/C9H18N2O2/c1-2-13-9(12)7-11-5-3-8(10)4-6-11/h8H,2-7,10H2,1H3. The summed E-state index contributed by atoms with van der Waals surface area (Å²) in [5.41, 5.74) is 5.74. The Morgan fingerprint density at radius 3 is 2.69 bits per heavy atom. The van der Waals surface area contributed by atoms with Crippen molar-refractivity contribution in [2.45, 2.75) is 25.8 Å². The Morgan fingerprint density at radius 2 is 2.15 bits per heavy atom. The Bertz CT molecular complexity index is 165. The van der Waals surface area contributed by atoms with Crippen LogP contribution in [0, 0.1) is 0 Å². The highest BCUT2D eigenvalue weighted by molar-refractivity contribution is 5.71. The molecule has 0 aromatic heterocycles. The van der Waals surface area contributed by atoms with E-state index in [1.807, 2.05) is 6.92 Å². The number of likely N-dealkylation sites (tertiary alicyclic amines) is 1. The van der Waals surface area contributed by atoms with Crippen molar-refractivity contribution in [1.29, 1.82) is 0 Å². The fraction of sp³-hybridized carbons (Fsp3) is 0.889. The zero-order valence-electron chi connectivity index (χ0n) is 8.16. The minimum absolute atomic E-state index is 0.127. The average Bonchev–Trinajstić information content (AvgIpc) is 2.09. The molecule has 1 heterocycles. The van der Waals surface area contributed by atoms with E-state index in [0.29, 0.717) is 19.2 Å². The monoisotopic (exact) mass is 186 g/mol. The van der Waals surface area contributed by atoms with Crippen molar-refractivity contribution in [3.05, 3.63) is 0 Å². The van der Waals surface area contributed by atoms with Crippen LogP contribution in [0.25, 0.3) is 0 Å². The van der Waals surface area contributed by atoms with Crippen LogP contribution in [0.2, 0.25) is 0 Å². The summed E-state index contributed by atoms with van der Waals surface area (Å²) in [4.78, 5) is 13.2. The quantitative estimate of drug-likeness (QED) is 0.629. The molecule has 0 bridgehead atoms. The predicted molar refractivity (Wildman–Crippen MR) is 50.3 cm³/mol. The van der Waals surface area contributed by atoms with Gasteiger partial charge in [-0.2, -0.15) is 0 Å². The lowest BCUT2D eigenvalue weighted by atomic mass is 10.1. The third kappa shape index (κ3) is 3.74. The second-order valence-corrected chi connectivity index (χ2v) is 3.42. The molecule has 1 saturated heterocycles. The van der Waals surface area contributed by atoms with Crippen molar-refractivity contribution >= 4 is 5.97 Å². The zero-order chi connectivity index (χ0) is 9.68. The van der Waals surface area contributed by atoms with Gasteiger partial charge in [0, 0.05) is 19.1 Å². The van der Waals surface area contributed by atoms with Crippen LogP contribution in [0.5, 0.6) is 0 Å². The van der Waals surface area contributed by atoms with Crippen LogP contribution in [0.3, 0.4) is 0 Å². The molecule has 1 fully saturated rings. The van der Waals surface area contributed by atoms with Gasteiger partial charge in [0.1, 0.15) is 0 Å². The molecule has 4 heteroatoms. The summed E-state index contributed by atoms with van der Waals surface area (Å²) in [6.45, 7) is 4.54. The molecule has 2 N–H and O–H groups in total. The highest BCUT2D eigenvalue weighted by atomic mass is 16.5. The molecule has 0 atom stereocenters. The summed E-state index contributed by atoms with van der Waals surface area (Å²) in [5, 5.41) is 0. The van der Waals surface area contributed by atoms with Gasteiger partial charge < -0.3 is 10.5 Å². The van der Waals surface area contributed by atoms with Gasteiger partial charge >= 0.3 is 5.97 Å². The van der Waals surface area contributed by atoms with E-state index in [4.69, 9.17) is 10.5 Å². The highest BCUT2D eigenvalue weighted by Crippen LogP contribution is 2.07. The van der Waals surface area contributed by atoms with Crippen LogP contribution >= 0.6 is 0 Å². The summed E-state index contributed by atoms with van der Waals surface area (Å²) in [6.07, 6.45) is 1.97. The Balaban J connectivity index is 2.18. The maximum absolute atomic E-state index is 11.1. The van der Waals surface area contributed by atoms with Gasteiger partial charge in [-0.05, 0) is 19.8 Å². The first-order valence-corrected chi connectivity index (χ1v) is 4.86. The Morgan fingerprint density at radius 1 is 1.54 bits per heavy atom. The summed E-state index contributed by atoms with van der Waals surface area (Å²) in [6, 6.07) is 0.318. The minimum atomic E-state index is -0.127. The van der Waals surface area contributed by atoms with Gasteiger partial charge in [-0.1, -0.05) is 0 Å². The second kappa shape index (κ2) is 5.19. The van der Waals surface area contributed by atoms with Crippen LogP contribution in [0.1, 0.15) is 19.8 Å². The zero-order valence-corrected chi connectivity index (χ0v) is 8.16. The van der Waals surface area contributed by atoms with Crippen LogP contribution in [0.4, 0.5) is 0 Å². The lowest BCUT2D eigenvalue weighted by molar-refractivity contribution is -0.144. The molecule has 1 aliphatic heterocycles. The van der Waals surface area contributed by atoms with Gasteiger partial charge in [-0.3, -0.25) is 9.69 Å². The molecular formula is C9H18N2O2. The molecule has 76 valence electrons. The topological polar surface area (TPSA) is 55.6 Å². The number of ether oxygens (including phenoxy) is 1. The van der Waals surface area contributed by atoms with Crippen LogP contribution in [0.15, 0.2) is 0 Å². The molecule has 0 aromatic carbocycles. The van der Waals surface area contributed by atoms with E-state index >= 15 is 0 Å². The van der Waals surface area contributed by atoms with E-state index in [1.165, 1.54) is 0 Å². The molecule has 0 amide bonds. The van der Waals surface area contributed by atoms with Crippen molar-refractivity contribution in [2.75, 3.05) is 26.2 Å². The van der Waals surface area contributed by atoms with Gasteiger partial charge in [0.25, 0.3) is 0 Å². The number of hydrogen-bond donors (Lipinski definition) is 1. The molecule has 0 aliphatic carbocycles. The molecular weight excluding hydrogens is 168 g/mol. The average molecular weight is 186 g/mol. The fourth-order valence-corrected chi connectivity index (χ4v) is 1.50. The Kier molecular flexibility index (Phi) is 4.18. The molecule has 0 unspecified atom stereocenters. The maximum Gasteiger partial charge on any atom is 0.320 e. The van der Waals surface area contributed by atoms with Gasteiger partial charge in [-0.15, -0.1) is 0 Å². The highest BCUT2D eigenvalue weighted by Gasteiger charge is 2.18. The lowest BCUT2D eigenvalue weighted by Crippen LogP contribution is -2.42. The number of piperidine rings is 1. The first-order chi connectivity index (χ1) is 6.22. The van der Waals surface area contributed by atoms with E-state index in [9.17, 15) is 4.79 Å². The lowest BCUT2D eigenvalue weighted by Gasteiger charge is -2.28. The normalized spacial score (nSPS) is 20.2. The molecule has 1 rings (SSSR count). The van der Waals surface area contributed by atoms with E-state index in [0.717, 1.165) is 25.9 Å². The van der Waals surface area contributed by atoms with E-state index in [-0.39, 0.29) is 5.97 Å². The van der Waals surface area contributed by atoms with Crippen molar-refractivity contribution < 1.29 is 9.53 Å².